The second-order valence-electron chi connectivity index (χ2n) is 4.77. The van der Waals surface area contributed by atoms with Gasteiger partial charge in [-0.1, -0.05) is 20.8 Å². The molecule has 0 radical (unpaired) electrons. The number of rotatable bonds is 8. The van der Waals surface area contributed by atoms with Crippen LogP contribution in [0, 0.1) is 17.8 Å². The molecule has 2 atom stereocenters. The Kier molecular flexibility index (Phi) is 7.54. The zero-order valence-electron chi connectivity index (χ0n) is 11.0. The van der Waals surface area contributed by atoms with Gasteiger partial charge in [0.2, 0.25) is 5.91 Å². The third kappa shape index (κ3) is 6.94. The number of carboxylic acid groups (broad SMARTS) is 1. The molecule has 0 bridgehead atoms. The molecule has 17 heavy (non-hydrogen) atoms. The minimum absolute atomic E-state index is 0.165. The van der Waals surface area contributed by atoms with E-state index in [1.165, 1.54) is 7.11 Å². The van der Waals surface area contributed by atoms with E-state index in [1.54, 1.807) is 6.92 Å². The van der Waals surface area contributed by atoms with E-state index in [0.29, 0.717) is 18.9 Å². The number of nitrogens with one attached hydrogen (secondary N) is 1. The van der Waals surface area contributed by atoms with Gasteiger partial charge in [-0.25, -0.2) is 0 Å². The van der Waals surface area contributed by atoms with Gasteiger partial charge in [-0.2, -0.15) is 0 Å². The zero-order chi connectivity index (χ0) is 13.4. The summed E-state index contributed by atoms with van der Waals surface area (Å²) >= 11 is 0. The SMILES string of the molecule is COCC(C)C(=O)NCC(CC(C)C)C(=O)O. The predicted molar refractivity (Wildman–Crippen MR) is 64.6 cm³/mol. The molecule has 100 valence electrons. The molecule has 0 rings (SSSR count). The largest absolute Gasteiger partial charge is 0.481 e. The van der Waals surface area contributed by atoms with Crippen molar-refractivity contribution in [3.05, 3.63) is 0 Å². The Labute approximate surface area is 103 Å². The molecule has 0 aliphatic carbocycles. The normalized spacial score (nSPS) is 14.4. The lowest BCUT2D eigenvalue weighted by Crippen LogP contribution is -2.37. The van der Waals surface area contributed by atoms with Gasteiger partial charge in [0.1, 0.15) is 0 Å². The van der Waals surface area contributed by atoms with Crippen LogP contribution in [0.1, 0.15) is 27.2 Å². The van der Waals surface area contributed by atoms with Crippen LogP contribution in [-0.2, 0) is 14.3 Å². The molecule has 0 saturated carbocycles. The lowest BCUT2D eigenvalue weighted by molar-refractivity contribution is -0.142. The fraction of sp³-hybridized carbons (Fsp3) is 0.833. The summed E-state index contributed by atoms with van der Waals surface area (Å²) in [4.78, 5) is 22.5. The second-order valence-corrected chi connectivity index (χ2v) is 4.77. The molecular weight excluding hydrogens is 222 g/mol. The maximum absolute atomic E-state index is 11.6. The molecule has 0 aromatic carbocycles. The first-order chi connectivity index (χ1) is 7.88. The van der Waals surface area contributed by atoms with Gasteiger partial charge in [0.15, 0.2) is 0 Å². The summed E-state index contributed by atoms with van der Waals surface area (Å²) in [6, 6.07) is 0. The Morgan fingerprint density at radius 3 is 2.29 bits per heavy atom. The topological polar surface area (TPSA) is 75.6 Å². The maximum atomic E-state index is 11.6. The lowest BCUT2D eigenvalue weighted by Gasteiger charge is -2.17. The molecule has 1 amide bonds. The number of methoxy groups -OCH3 is 1. The van der Waals surface area contributed by atoms with Gasteiger partial charge in [0, 0.05) is 13.7 Å². The summed E-state index contributed by atoms with van der Waals surface area (Å²) in [7, 11) is 1.53. The number of ether oxygens (including phenoxy) is 1. The smallest absolute Gasteiger partial charge is 0.308 e. The monoisotopic (exact) mass is 245 g/mol. The molecule has 0 aromatic heterocycles. The van der Waals surface area contributed by atoms with Gasteiger partial charge in [0.05, 0.1) is 18.4 Å². The number of aliphatic carboxylic acids is 1. The third-order valence-corrected chi connectivity index (χ3v) is 2.49. The number of hydrogen-bond donors (Lipinski definition) is 2. The lowest BCUT2D eigenvalue weighted by atomic mass is 9.97. The molecule has 2 N–H and O–H groups in total. The van der Waals surface area contributed by atoms with Gasteiger partial charge < -0.3 is 15.2 Å². The van der Waals surface area contributed by atoms with E-state index in [0.717, 1.165) is 0 Å². The van der Waals surface area contributed by atoms with Crippen molar-refractivity contribution in [3.8, 4) is 0 Å². The number of carbonyl (C=O) groups excluding carboxylic acids is 1. The minimum Gasteiger partial charge on any atom is -0.481 e. The Hall–Kier alpha value is -1.10. The van der Waals surface area contributed by atoms with Crippen LogP contribution in [0.25, 0.3) is 0 Å². The van der Waals surface area contributed by atoms with E-state index in [9.17, 15) is 9.59 Å². The summed E-state index contributed by atoms with van der Waals surface area (Å²) in [6.45, 7) is 6.20. The van der Waals surface area contributed by atoms with Crippen LogP contribution < -0.4 is 5.32 Å². The van der Waals surface area contributed by atoms with Crippen molar-refractivity contribution in [1.82, 2.24) is 5.32 Å². The van der Waals surface area contributed by atoms with Crippen molar-refractivity contribution in [2.75, 3.05) is 20.3 Å². The van der Waals surface area contributed by atoms with Crippen molar-refractivity contribution in [3.63, 3.8) is 0 Å². The van der Waals surface area contributed by atoms with E-state index < -0.39 is 11.9 Å². The highest BCUT2D eigenvalue weighted by Crippen LogP contribution is 2.11. The molecule has 0 aliphatic heterocycles. The molecule has 0 aromatic rings. The summed E-state index contributed by atoms with van der Waals surface area (Å²) in [5.74, 6) is -1.51. The molecule has 5 nitrogen and oxygen atoms in total. The quantitative estimate of drug-likeness (QED) is 0.672. The predicted octanol–water partition coefficient (Wildman–Crippen LogP) is 1.13. The van der Waals surface area contributed by atoms with Crippen molar-refractivity contribution < 1.29 is 19.4 Å². The molecule has 0 saturated heterocycles. The van der Waals surface area contributed by atoms with E-state index >= 15 is 0 Å². The first kappa shape index (κ1) is 15.9. The number of carbonyl (C=O) groups is 2. The third-order valence-electron chi connectivity index (χ3n) is 2.49. The van der Waals surface area contributed by atoms with Crippen molar-refractivity contribution >= 4 is 11.9 Å². The summed E-state index contributed by atoms with van der Waals surface area (Å²) in [5.41, 5.74) is 0. The number of hydrogen-bond acceptors (Lipinski definition) is 3. The Morgan fingerprint density at radius 2 is 1.88 bits per heavy atom. The maximum Gasteiger partial charge on any atom is 0.308 e. The summed E-state index contributed by atoms with van der Waals surface area (Å²) in [5, 5.41) is 11.7. The van der Waals surface area contributed by atoms with Gasteiger partial charge in [-0.3, -0.25) is 9.59 Å². The second kappa shape index (κ2) is 8.06. The van der Waals surface area contributed by atoms with Gasteiger partial charge in [-0.05, 0) is 12.3 Å². The minimum atomic E-state index is -0.863. The highest BCUT2D eigenvalue weighted by molar-refractivity contribution is 5.79. The Balaban J connectivity index is 4.12. The number of amides is 1. The highest BCUT2D eigenvalue weighted by Gasteiger charge is 2.21. The average molecular weight is 245 g/mol. The van der Waals surface area contributed by atoms with Gasteiger partial charge in [0.25, 0.3) is 0 Å². The van der Waals surface area contributed by atoms with Crippen LogP contribution in [0.4, 0.5) is 0 Å². The van der Waals surface area contributed by atoms with E-state index in [1.807, 2.05) is 13.8 Å². The molecular formula is C12H23NO4. The Morgan fingerprint density at radius 1 is 1.29 bits per heavy atom. The van der Waals surface area contributed by atoms with Crippen LogP contribution in [0.15, 0.2) is 0 Å². The highest BCUT2D eigenvalue weighted by atomic mass is 16.5. The fourth-order valence-corrected chi connectivity index (χ4v) is 1.56. The van der Waals surface area contributed by atoms with E-state index in [-0.39, 0.29) is 18.4 Å². The first-order valence-corrected chi connectivity index (χ1v) is 5.87. The summed E-state index contributed by atoms with van der Waals surface area (Å²) < 4.78 is 4.87. The Bertz CT molecular complexity index is 253. The molecule has 5 heteroatoms. The first-order valence-electron chi connectivity index (χ1n) is 5.87. The average Bonchev–Trinajstić information content (AvgIpc) is 2.23. The van der Waals surface area contributed by atoms with Crippen LogP contribution in [0.5, 0.6) is 0 Å². The van der Waals surface area contributed by atoms with Crippen molar-refractivity contribution in [2.45, 2.75) is 27.2 Å². The fourth-order valence-electron chi connectivity index (χ4n) is 1.56. The van der Waals surface area contributed by atoms with Gasteiger partial charge in [-0.15, -0.1) is 0 Å². The van der Waals surface area contributed by atoms with Crippen LogP contribution >= 0.6 is 0 Å². The zero-order valence-corrected chi connectivity index (χ0v) is 11.0. The summed E-state index contributed by atoms with van der Waals surface area (Å²) in [6.07, 6.45) is 0.564. The van der Waals surface area contributed by atoms with Crippen LogP contribution in [0.2, 0.25) is 0 Å². The standard InChI is InChI=1S/C12H23NO4/c1-8(2)5-10(12(15)16)6-13-11(14)9(3)7-17-4/h8-10H,5-7H2,1-4H3,(H,13,14)(H,15,16). The van der Waals surface area contributed by atoms with Crippen LogP contribution in [0.3, 0.4) is 0 Å². The molecule has 0 fully saturated rings. The van der Waals surface area contributed by atoms with Crippen molar-refractivity contribution in [2.24, 2.45) is 17.8 Å². The van der Waals surface area contributed by atoms with E-state index in [2.05, 4.69) is 5.32 Å². The van der Waals surface area contributed by atoms with Crippen LogP contribution in [-0.4, -0.2) is 37.2 Å². The molecule has 0 heterocycles. The molecule has 2 unspecified atom stereocenters. The number of carboxylic acids is 1. The van der Waals surface area contributed by atoms with Crippen molar-refractivity contribution in [1.29, 1.82) is 0 Å². The van der Waals surface area contributed by atoms with E-state index in [4.69, 9.17) is 9.84 Å². The molecule has 0 aliphatic rings. The molecule has 0 spiro atoms. The van der Waals surface area contributed by atoms with Gasteiger partial charge >= 0.3 is 5.97 Å².